The number of ether oxygens (including phenoxy) is 2. The van der Waals surface area contributed by atoms with Gasteiger partial charge >= 0.3 is 0 Å². The summed E-state index contributed by atoms with van der Waals surface area (Å²) in [6.45, 7) is 9.31. The van der Waals surface area contributed by atoms with E-state index in [4.69, 9.17) is 9.47 Å². The van der Waals surface area contributed by atoms with Crippen molar-refractivity contribution in [1.82, 2.24) is 0 Å². The predicted molar refractivity (Wildman–Crippen MR) is 100 cm³/mol. The van der Waals surface area contributed by atoms with Gasteiger partial charge < -0.3 is 9.47 Å². The van der Waals surface area contributed by atoms with Crippen molar-refractivity contribution in [2.24, 2.45) is 5.92 Å². The number of hydrogen-bond acceptors (Lipinski definition) is 3. The summed E-state index contributed by atoms with van der Waals surface area (Å²) < 4.78 is 11.8. The van der Waals surface area contributed by atoms with Gasteiger partial charge in [0.05, 0.1) is 0 Å². The van der Waals surface area contributed by atoms with Crippen molar-refractivity contribution in [2.45, 2.75) is 77.7 Å². The van der Waals surface area contributed by atoms with Gasteiger partial charge in [-0.3, -0.25) is 4.79 Å². The van der Waals surface area contributed by atoms with E-state index in [2.05, 4.69) is 39.8 Å². The first-order valence-electron chi connectivity index (χ1n) is 9.59. The maximum atomic E-state index is 11.1. The average molecular weight is 342 g/mol. The second kappa shape index (κ2) is 7.23. The van der Waals surface area contributed by atoms with Gasteiger partial charge in [0.1, 0.15) is 17.1 Å². The molecule has 25 heavy (non-hydrogen) atoms. The topological polar surface area (TPSA) is 35.5 Å². The van der Waals surface area contributed by atoms with E-state index in [0.717, 1.165) is 37.0 Å². The fraction of sp³-hybridized carbons (Fsp3) is 0.591. The van der Waals surface area contributed by atoms with E-state index in [-0.39, 0.29) is 11.5 Å². The van der Waals surface area contributed by atoms with Crippen LogP contribution in [-0.2, 0) is 11.2 Å². The zero-order chi connectivity index (χ0) is 18.0. The molecule has 1 aromatic carbocycles. The molecule has 3 nitrogen and oxygen atoms in total. The lowest BCUT2D eigenvalue weighted by molar-refractivity contribution is -0.120. The first kappa shape index (κ1) is 18.0. The molecule has 0 fully saturated rings. The van der Waals surface area contributed by atoms with E-state index < -0.39 is 0 Å². The van der Waals surface area contributed by atoms with Crippen molar-refractivity contribution < 1.29 is 14.3 Å². The molecule has 0 spiro atoms. The first-order chi connectivity index (χ1) is 12.0. The van der Waals surface area contributed by atoms with Crippen LogP contribution in [-0.4, -0.2) is 12.1 Å². The van der Waals surface area contributed by atoms with Crippen LogP contribution in [0.3, 0.4) is 0 Å². The molecule has 3 rings (SSSR count). The van der Waals surface area contributed by atoms with Crippen molar-refractivity contribution in [2.75, 3.05) is 0 Å². The second-order valence-corrected chi connectivity index (χ2v) is 8.07. The molecule has 1 aliphatic carbocycles. The van der Waals surface area contributed by atoms with Gasteiger partial charge in [0.25, 0.3) is 6.47 Å². The van der Waals surface area contributed by atoms with Gasteiger partial charge in [-0.05, 0) is 64.2 Å². The zero-order valence-electron chi connectivity index (χ0n) is 15.9. The van der Waals surface area contributed by atoms with Crippen LogP contribution >= 0.6 is 0 Å². The monoisotopic (exact) mass is 342 g/mol. The van der Waals surface area contributed by atoms with E-state index in [1.165, 1.54) is 24.0 Å². The number of hydrogen-bond donors (Lipinski definition) is 0. The van der Waals surface area contributed by atoms with Crippen molar-refractivity contribution in [3.05, 3.63) is 34.9 Å². The van der Waals surface area contributed by atoms with Crippen molar-refractivity contribution in [3.8, 4) is 11.5 Å². The number of aryl methyl sites for hydroxylation is 1. The van der Waals surface area contributed by atoms with Crippen LogP contribution in [0.4, 0.5) is 0 Å². The van der Waals surface area contributed by atoms with Crippen LogP contribution < -0.4 is 9.47 Å². The Labute approximate surface area is 151 Å². The molecule has 0 unspecified atom stereocenters. The maximum Gasteiger partial charge on any atom is 0.298 e. The normalized spacial score (nSPS) is 23.8. The molecule has 2 aliphatic rings. The minimum atomic E-state index is -0.213. The van der Waals surface area contributed by atoms with Crippen LogP contribution in [0, 0.1) is 5.92 Å². The molecule has 136 valence electrons. The Hall–Kier alpha value is -1.77. The summed E-state index contributed by atoms with van der Waals surface area (Å²) in [5, 5.41) is 0. The van der Waals surface area contributed by atoms with Crippen LogP contribution in [0.15, 0.2) is 23.8 Å². The summed E-state index contributed by atoms with van der Waals surface area (Å²) in [7, 11) is 0. The van der Waals surface area contributed by atoms with E-state index >= 15 is 0 Å². The molecule has 0 saturated heterocycles. The van der Waals surface area contributed by atoms with Crippen LogP contribution in [0.5, 0.6) is 11.5 Å². The van der Waals surface area contributed by atoms with E-state index in [9.17, 15) is 4.79 Å². The number of unbranched alkanes of at least 4 members (excludes halogenated alkanes) is 2. The standard InChI is InChI=1S/C22H30O3/c1-5-6-7-8-16-12-19(24-14-23)21-17-11-15(2)9-10-18(17)22(3,4)25-20(21)13-16/h11-14,17-18H,5-10H2,1-4H3/t17-,18-/m1/s1. The predicted octanol–water partition coefficient (Wildman–Crippen LogP) is 5.57. The lowest BCUT2D eigenvalue weighted by Crippen LogP contribution is -2.45. The molecular weight excluding hydrogens is 312 g/mol. The third-order valence-corrected chi connectivity index (χ3v) is 5.75. The highest BCUT2D eigenvalue weighted by atomic mass is 16.5. The SMILES string of the molecule is CCCCCc1cc(OC=O)c2c(c1)OC(C)(C)[C@@H]1CCC(C)=C[C@@H]21. The number of allylic oxidation sites excluding steroid dienone is 2. The molecule has 0 N–H and O–H groups in total. The molecule has 0 bridgehead atoms. The van der Waals surface area contributed by atoms with Crippen molar-refractivity contribution >= 4 is 6.47 Å². The average Bonchev–Trinajstić information content (AvgIpc) is 2.54. The molecular formula is C22H30O3. The van der Waals surface area contributed by atoms with Crippen LogP contribution in [0.2, 0.25) is 0 Å². The van der Waals surface area contributed by atoms with Crippen molar-refractivity contribution in [1.29, 1.82) is 0 Å². The lowest BCUT2D eigenvalue weighted by Gasteiger charge is -2.46. The molecule has 1 aromatic rings. The summed E-state index contributed by atoms with van der Waals surface area (Å²) in [5.41, 5.74) is 3.44. The quantitative estimate of drug-likeness (QED) is 0.385. The summed E-state index contributed by atoms with van der Waals surface area (Å²) in [6, 6.07) is 4.21. The smallest absolute Gasteiger partial charge is 0.298 e. The highest BCUT2D eigenvalue weighted by Gasteiger charge is 2.45. The number of carbonyl (C=O) groups excluding carboxylic acids is 1. The minimum absolute atomic E-state index is 0.213. The molecule has 0 amide bonds. The summed E-state index contributed by atoms with van der Waals surface area (Å²) >= 11 is 0. The highest BCUT2D eigenvalue weighted by Crippen LogP contribution is 2.53. The Bertz CT molecular complexity index is 672. The van der Waals surface area contributed by atoms with Gasteiger partial charge in [0.15, 0.2) is 0 Å². The van der Waals surface area contributed by atoms with Gasteiger partial charge in [-0.15, -0.1) is 0 Å². The van der Waals surface area contributed by atoms with E-state index in [1.54, 1.807) is 0 Å². The third kappa shape index (κ3) is 3.61. The molecule has 1 aliphatic heterocycles. The van der Waals surface area contributed by atoms with Gasteiger partial charge in [-0.1, -0.05) is 31.4 Å². The molecule has 0 radical (unpaired) electrons. The fourth-order valence-corrected chi connectivity index (χ4v) is 4.43. The van der Waals surface area contributed by atoms with Gasteiger partial charge in [-0.2, -0.15) is 0 Å². The minimum Gasteiger partial charge on any atom is -0.487 e. The van der Waals surface area contributed by atoms with Gasteiger partial charge in [-0.25, -0.2) is 0 Å². The molecule has 1 heterocycles. The summed E-state index contributed by atoms with van der Waals surface area (Å²) in [4.78, 5) is 11.1. The van der Waals surface area contributed by atoms with Gasteiger partial charge in [0, 0.05) is 17.4 Å². The Kier molecular flexibility index (Phi) is 5.21. The molecule has 3 heteroatoms. The zero-order valence-corrected chi connectivity index (χ0v) is 15.9. The van der Waals surface area contributed by atoms with Crippen molar-refractivity contribution in [3.63, 3.8) is 0 Å². The van der Waals surface area contributed by atoms with Crippen LogP contribution in [0.25, 0.3) is 0 Å². The Balaban J connectivity index is 2.06. The van der Waals surface area contributed by atoms with E-state index in [0.29, 0.717) is 18.1 Å². The number of rotatable bonds is 6. The lowest BCUT2D eigenvalue weighted by atomic mass is 9.68. The highest BCUT2D eigenvalue weighted by molar-refractivity contribution is 5.58. The second-order valence-electron chi connectivity index (χ2n) is 8.07. The summed E-state index contributed by atoms with van der Waals surface area (Å²) in [6.07, 6.45) is 9.11. The largest absolute Gasteiger partial charge is 0.487 e. The Morgan fingerprint density at radius 1 is 1.32 bits per heavy atom. The Morgan fingerprint density at radius 3 is 2.84 bits per heavy atom. The van der Waals surface area contributed by atoms with E-state index in [1.807, 2.05) is 6.07 Å². The molecule has 0 saturated carbocycles. The van der Waals surface area contributed by atoms with Crippen LogP contribution in [0.1, 0.15) is 76.8 Å². The fourth-order valence-electron chi connectivity index (χ4n) is 4.43. The summed E-state index contributed by atoms with van der Waals surface area (Å²) in [5.74, 6) is 2.23. The number of fused-ring (bicyclic) bond motifs is 3. The van der Waals surface area contributed by atoms with Gasteiger partial charge in [0.2, 0.25) is 0 Å². The number of carbonyl (C=O) groups is 1. The maximum absolute atomic E-state index is 11.1. The Morgan fingerprint density at radius 2 is 2.12 bits per heavy atom. The molecule has 0 aromatic heterocycles. The first-order valence-corrected chi connectivity index (χ1v) is 9.59. The third-order valence-electron chi connectivity index (χ3n) is 5.75. The molecule has 2 atom stereocenters. The number of benzene rings is 1.